The van der Waals surface area contributed by atoms with Crippen molar-refractivity contribution in [2.24, 2.45) is 0 Å². The van der Waals surface area contributed by atoms with Crippen LogP contribution in [0.5, 0.6) is 0 Å². The summed E-state index contributed by atoms with van der Waals surface area (Å²) in [5.41, 5.74) is 0.537. The predicted octanol–water partition coefficient (Wildman–Crippen LogP) is 2.83. The van der Waals surface area contributed by atoms with Crippen LogP contribution >= 0.6 is 0 Å². The van der Waals surface area contributed by atoms with Gasteiger partial charge in [0.15, 0.2) is 0 Å². The zero-order chi connectivity index (χ0) is 12.3. The van der Waals surface area contributed by atoms with Crippen molar-refractivity contribution < 1.29 is 13.2 Å². The predicted molar refractivity (Wildman–Crippen MR) is 56.0 cm³/mol. The minimum atomic E-state index is -4.31. The molecule has 17 heavy (non-hydrogen) atoms. The Labute approximate surface area is 95.5 Å². The van der Waals surface area contributed by atoms with E-state index in [9.17, 15) is 13.2 Å². The van der Waals surface area contributed by atoms with E-state index < -0.39 is 11.7 Å². The number of H-pyrrole nitrogens is 1. The van der Waals surface area contributed by atoms with Crippen LogP contribution in [0.1, 0.15) is 16.7 Å². The fourth-order valence-electron chi connectivity index (χ4n) is 1.21. The van der Waals surface area contributed by atoms with E-state index in [4.69, 9.17) is 0 Å². The molecule has 0 radical (unpaired) electrons. The Kier molecular flexibility index (Phi) is 2.88. The highest BCUT2D eigenvalue weighted by Crippen LogP contribution is 2.28. The Bertz CT molecular complexity index is 542. The molecule has 2 rings (SSSR count). The van der Waals surface area contributed by atoms with Gasteiger partial charge in [0.2, 0.25) is 0 Å². The molecule has 0 fully saturated rings. The molecular formula is C12H7F3N2. The maximum Gasteiger partial charge on any atom is 0.416 e. The molecule has 0 saturated heterocycles. The molecule has 0 bridgehead atoms. The lowest BCUT2D eigenvalue weighted by molar-refractivity contribution is -0.137. The smallest absolute Gasteiger partial charge is 0.284 e. The van der Waals surface area contributed by atoms with Gasteiger partial charge in [0, 0.05) is 11.8 Å². The zero-order valence-corrected chi connectivity index (χ0v) is 8.55. The van der Waals surface area contributed by atoms with Crippen LogP contribution in [0.4, 0.5) is 13.2 Å². The summed E-state index contributed by atoms with van der Waals surface area (Å²) in [4.78, 5) is 0. The van der Waals surface area contributed by atoms with Gasteiger partial charge in [-0.1, -0.05) is 11.8 Å². The number of alkyl halides is 3. The molecule has 0 aliphatic heterocycles. The van der Waals surface area contributed by atoms with Crippen LogP contribution in [0.25, 0.3) is 0 Å². The molecular weight excluding hydrogens is 229 g/mol. The van der Waals surface area contributed by atoms with Crippen LogP contribution in [0.3, 0.4) is 0 Å². The van der Waals surface area contributed by atoms with Crippen molar-refractivity contribution in [3.63, 3.8) is 0 Å². The Hall–Kier alpha value is -2.22. The molecule has 0 spiro atoms. The normalized spacial score (nSPS) is 10.8. The fraction of sp³-hybridized carbons (Fsp3) is 0.0833. The average molecular weight is 236 g/mol. The van der Waals surface area contributed by atoms with E-state index in [0.717, 1.165) is 12.1 Å². The quantitative estimate of drug-likeness (QED) is 0.700. The van der Waals surface area contributed by atoms with Gasteiger partial charge in [-0.25, -0.2) is 0 Å². The Morgan fingerprint density at radius 2 is 1.65 bits per heavy atom. The molecule has 0 saturated carbocycles. The van der Waals surface area contributed by atoms with Crippen molar-refractivity contribution in [1.29, 1.82) is 0 Å². The third-order valence-electron chi connectivity index (χ3n) is 2.06. The van der Waals surface area contributed by atoms with Crippen molar-refractivity contribution in [3.05, 3.63) is 53.3 Å². The molecule has 1 aromatic carbocycles. The fourth-order valence-corrected chi connectivity index (χ4v) is 1.21. The monoisotopic (exact) mass is 236 g/mol. The van der Waals surface area contributed by atoms with Gasteiger partial charge in [0.1, 0.15) is 0 Å². The lowest BCUT2D eigenvalue weighted by Crippen LogP contribution is -2.04. The first-order valence-electron chi connectivity index (χ1n) is 4.74. The molecule has 1 heterocycles. The van der Waals surface area contributed by atoms with E-state index in [0.29, 0.717) is 11.1 Å². The van der Waals surface area contributed by atoms with Gasteiger partial charge in [-0.15, -0.1) is 0 Å². The molecule has 1 aromatic heterocycles. The summed E-state index contributed by atoms with van der Waals surface area (Å²) in [5.74, 6) is 5.52. The summed E-state index contributed by atoms with van der Waals surface area (Å²) in [5, 5.41) is 6.30. The third kappa shape index (κ3) is 2.88. The Morgan fingerprint density at radius 1 is 1.00 bits per heavy atom. The number of benzene rings is 1. The van der Waals surface area contributed by atoms with Crippen LogP contribution < -0.4 is 0 Å². The molecule has 2 nitrogen and oxygen atoms in total. The lowest BCUT2D eigenvalue weighted by atomic mass is 10.1. The van der Waals surface area contributed by atoms with Crippen LogP contribution in [0.2, 0.25) is 0 Å². The highest BCUT2D eigenvalue weighted by molar-refractivity contribution is 5.42. The maximum atomic E-state index is 12.3. The van der Waals surface area contributed by atoms with Gasteiger partial charge >= 0.3 is 6.18 Å². The SMILES string of the molecule is FC(F)(F)c1ccc(C#Cc2cn[nH]c2)cc1. The van der Waals surface area contributed by atoms with Gasteiger partial charge in [0.25, 0.3) is 0 Å². The minimum Gasteiger partial charge on any atom is -0.284 e. The number of halogens is 3. The summed E-state index contributed by atoms with van der Waals surface area (Å²) in [6.07, 6.45) is -1.16. The van der Waals surface area contributed by atoms with Gasteiger partial charge < -0.3 is 0 Å². The van der Waals surface area contributed by atoms with Crippen molar-refractivity contribution in [2.75, 3.05) is 0 Å². The first-order chi connectivity index (χ1) is 8.05. The standard InChI is InChI=1S/C12H7F3N2/c13-12(14,15)11-5-3-9(4-6-11)1-2-10-7-16-17-8-10/h3-8H,(H,16,17). The summed E-state index contributed by atoms with van der Waals surface area (Å²) < 4.78 is 36.8. The van der Waals surface area contributed by atoms with Crippen molar-refractivity contribution in [1.82, 2.24) is 10.2 Å². The third-order valence-corrected chi connectivity index (χ3v) is 2.06. The van der Waals surface area contributed by atoms with Crippen molar-refractivity contribution in [3.8, 4) is 11.8 Å². The molecule has 2 aromatic rings. The van der Waals surface area contributed by atoms with Gasteiger partial charge in [-0.3, -0.25) is 5.10 Å². The molecule has 0 aliphatic rings. The number of rotatable bonds is 0. The van der Waals surface area contributed by atoms with E-state index in [-0.39, 0.29) is 0 Å². The molecule has 0 unspecified atom stereocenters. The van der Waals surface area contributed by atoms with Crippen LogP contribution in [0, 0.1) is 11.8 Å². The van der Waals surface area contributed by atoms with Crippen LogP contribution in [-0.2, 0) is 6.18 Å². The average Bonchev–Trinajstić information content (AvgIpc) is 2.78. The second-order valence-electron chi connectivity index (χ2n) is 3.31. The molecule has 0 amide bonds. The molecule has 1 N–H and O–H groups in total. The Balaban J connectivity index is 2.19. The first-order valence-corrected chi connectivity index (χ1v) is 4.74. The number of aromatic nitrogens is 2. The largest absolute Gasteiger partial charge is 0.416 e. The lowest BCUT2D eigenvalue weighted by Gasteiger charge is -2.05. The second kappa shape index (κ2) is 4.34. The van der Waals surface area contributed by atoms with Gasteiger partial charge in [-0.05, 0) is 24.3 Å². The van der Waals surface area contributed by atoms with E-state index in [1.165, 1.54) is 18.3 Å². The van der Waals surface area contributed by atoms with Gasteiger partial charge in [-0.2, -0.15) is 18.3 Å². The highest BCUT2D eigenvalue weighted by Gasteiger charge is 2.29. The zero-order valence-electron chi connectivity index (χ0n) is 8.55. The molecule has 86 valence electrons. The maximum absolute atomic E-state index is 12.3. The van der Waals surface area contributed by atoms with Gasteiger partial charge in [0.05, 0.1) is 17.3 Å². The van der Waals surface area contributed by atoms with E-state index >= 15 is 0 Å². The van der Waals surface area contributed by atoms with Crippen molar-refractivity contribution >= 4 is 0 Å². The van der Waals surface area contributed by atoms with Crippen molar-refractivity contribution in [2.45, 2.75) is 6.18 Å². The topological polar surface area (TPSA) is 28.7 Å². The number of nitrogens with one attached hydrogen (secondary N) is 1. The number of aromatic amines is 1. The van der Waals surface area contributed by atoms with Crippen LogP contribution in [0.15, 0.2) is 36.7 Å². The first kappa shape index (κ1) is 11.3. The molecule has 0 atom stereocenters. The summed E-state index contributed by atoms with van der Waals surface area (Å²) >= 11 is 0. The molecule has 5 heteroatoms. The van der Waals surface area contributed by atoms with E-state index in [2.05, 4.69) is 22.0 Å². The molecule has 0 aliphatic carbocycles. The highest BCUT2D eigenvalue weighted by atomic mass is 19.4. The summed E-state index contributed by atoms with van der Waals surface area (Å²) in [7, 11) is 0. The number of hydrogen-bond acceptors (Lipinski definition) is 1. The second-order valence-corrected chi connectivity index (χ2v) is 3.31. The Morgan fingerprint density at radius 3 is 2.18 bits per heavy atom. The summed E-state index contributed by atoms with van der Waals surface area (Å²) in [6, 6.07) is 4.71. The summed E-state index contributed by atoms with van der Waals surface area (Å²) in [6.45, 7) is 0. The van der Waals surface area contributed by atoms with E-state index in [1.807, 2.05) is 0 Å². The van der Waals surface area contributed by atoms with Crippen LogP contribution in [-0.4, -0.2) is 10.2 Å². The minimum absolute atomic E-state index is 0.527. The van der Waals surface area contributed by atoms with E-state index in [1.54, 1.807) is 6.20 Å². The number of nitrogens with zero attached hydrogens (tertiary/aromatic N) is 1. The number of hydrogen-bond donors (Lipinski definition) is 1.